The molecule has 0 amide bonds. The third-order valence-electron chi connectivity index (χ3n) is 1.15. The van der Waals surface area contributed by atoms with Crippen molar-refractivity contribution in [2.45, 2.75) is 6.92 Å². The highest BCUT2D eigenvalue weighted by Crippen LogP contribution is 2.09. The monoisotopic (exact) mass is 245 g/mol. The molecule has 0 aliphatic heterocycles. The molecular weight excluding hydrogens is 234 g/mol. The molecule has 0 radical (unpaired) electrons. The molecule has 0 saturated carbocycles. The number of benzene rings is 1. The van der Waals surface area contributed by atoms with E-state index in [0.717, 1.165) is 4.47 Å². The second-order valence-corrected chi connectivity index (χ2v) is 3.31. The van der Waals surface area contributed by atoms with E-state index < -0.39 is 5.97 Å². The molecule has 72 valence electrons. The largest absolute Gasteiger partial charge is 0.480 e. The molecule has 0 aromatic heterocycles. The van der Waals surface area contributed by atoms with Crippen LogP contribution in [0.25, 0.3) is 0 Å². The van der Waals surface area contributed by atoms with Gasteiger partial charge in [-0.1, -0.05) is 33.6 Å². The zero-order chi connectivity index (χ0) is 10.3. The van der Waals surface area contributed by atoms with E-state index in [4.69, 9.17) is 5.11 Å². The van der Waals surface area contributed by atoms with Crippen molar-refractivity contribution in [1.82, 2.24) is 0 Å². The first-order valence-electron chi connectivity index (χ1n) is 3.70. The van der Waals surface area contributed by atoms with Gasteiger partial charge in [-0.05, 0) is 19.1 Å². The van der Waals surface area contributed by atoms with E-state index >= 15 is 0 Å². The van der Waals surface area contributed by atoms with Crippen LogP contribution in [0.1, 0.15) is 5.56 Å². The van der Waals surface area contributed by atoms with Crippen LogP contribution in [0.4, 0.5) is 0 Å². The highest BCUT2D eigenvalue weighted by Gasteiger charge is 1.82. The van der Waals surface area contributed by atoms with E-state index in [1.54, 1.807) is 0 Å². The van der Waals surface area contributed by atoms with Crippen LogP contribution in [0.3, 0.4) is 0 Å². The number of aliphatic carboxylic acids is 1. The Morgan fingerprint density at radius 1 is 1.62 bits per heavy atom. The summed E-state index contributed by atoms with van der Waals surface area (Å²) in [5.41, 5.74) is 5.86. The van der Waals surface area contributed by atoms with Gasteiger partial charge >= 0.3 is 5.97 Å². The quantitative estimate of drug-likeness (QED) is 0.793. The second kappa shape index (κ2) is 6.62. The van der Waals surface area contributed by atoms with Crippen molar-refractivity contribution in [3.8, 4) is 0 Å². The molecule has 1 aromatic rings. The summed E-state index contributed by atoms with van der Waals surface area (Å²) in [6.45, 7) is 1.80. The topological polar surface area (TPSA) is 63.3 Å². The predicted octanol–water partition coefficient (Wildman–Crippen LogP) is 1.79. The maximum atomic E-state index is 9.24. The maximum absolute atomic E-state index is 9.24. The van der Waals surface area contributed by atoms with Gasteiger partial charge in [-0.3, -0.25) is 4.79 Å². The van der Waals surface area contributed by atoms with Gasteiger partial charge in [0.2, 0.25) is 0 Å². The number of rotatable bonds is 1. The van der Waals surface area contributed by atoms with Gasteiger partial charge in [0.25, 0.3) is 0 Å². The van der Waals surface area contributed by atoms with Crippen LogP contribution in [0.15, 0.2) is 28.7 Å². The van der Waals surface area contributed by atoms with Gasteiger partial charge in [0.15, 0.2) is 0 Å². The Morgan fingerprint density at radius 3 is 2.38 bits per heavy atom. The zero-order valence-electron chi connectivity index (χ0n) is 7.33. The first kappa shape index (κ1) is 12.1. The average Bonchev–Trinajstić information content (AvgIpc) is 2.05. The van der Waals surface area contributed by atoms with E-state index in [2.05, 4.69) is 40.7 Å². The Morgan fingerprint density at radius 2 is 2.15 bits per heavy atom. The first-order valence-corrected chi connectivity index (χ1v) is 4.49. The molecule has 0 bridgehead atoms. The van der Waals surface area contributed by atoms with Crippen molar-refractivity contribution in [2.75, 3.05) is 6.54 Å². The summed E-state index contributed by atoms with van der Waals surface area (Å²) >= 11 is 3.36. The normalized spacial score (nSPS) is 8.54. The minimum atomic E-state index is -0.968. The molecule has 0 saturated heterocycles. The standard InChI is InChI=1S/C7H7Br.C2H5NO2/c1-6-3-2-4-7(8)5-6;3-1-2(4)5/h2-5H,1H3;1,3H2,(H,4,5). The lowest BCUT2D eigenvalue weighted by atomic mass is 10.2. The van der Waals surface area contributed by atoms with Crippen LogP contribution in [0, 0.1) is 6.92 Å². The van der Waals surface area contributed by atoms with Crippen molar-refractivity contribution >= 4 is 21.9 Å². The van der Waals surface area contributed by atoms with Gasteiger partial charge in [-0.2, -0.15) is 0 Å². The molecular formula is C9H12BrNO2. The average molecular weight is 246 g/mol. The Balaban J connectivity index is 0.000000252. The SMILES string of the molecule is Cc1cccc(Br)c1.NCC(=O)O. The summed E-state index contributed by atoms with van der Waals surface area (Å²) in [6, 6.07) is 8.21. The highest BCUT2D eigenvalue weighted by molar-refractivity contribution is 9.10. The van der Waals surface area contributed by atoms with Crippen molar-refractivity contribution in [3.05, 3.63) is 34.3 Å². The van der Waals surface area contributed by atoms with Crippen molar-refractivity contribution in [1.29, 1.82) is 0 Å². The van der Waals surface area contributed by atoms with Crippen LogP contribution in [-0.4, -0.2) is 17.6 Å². The summed E-state index contributed by atoms with van der Waals surface area (Å²) in [6.07, 6.45) is 0. The van der Waals surface area contributed by atoms with Gasteiger partial charge < -0.3 is 10.8 Å². The molecule has 0 heterocycles. The Kier molecular flexibility index (Phi) is 6.18. The maximum Gasteiger partial charge on any atom is 0.317 e. The molecule has 0 aliphatic carbocycles. The number of nitrogens with two attached hydrogens (primary N) is 1. The molecule has 3 N–H and O–H groups in total. The number of carbonyl (C=O) groups is 1. The Bertz CT molecular complexity index is 259. The lowest BCUT2D eigenvalue weighted by Crippen LogP contribution is -2.10. The summed E-state index contributed by atoms with van der Waals surface area (Å²) in [7, 11) is 0. The van der Waals surface area contributed by atoms with E-state index in [1.165, 1.54) is 5.56 Å². The third kappa shape index (κ3) is 7.49. The summed E-state index contributed by atoms with van der Waals surface area (Å²) in [4.78, 5) is 9.24. The first-order chi connectivity index (χ1) is 6.06. The van der Waals surface area contributed by atoms with Crippen LogP contribution in [-0.2, 0) is 4.79 Å². The predicted molar refractivity (Wildman–Crippen MR) is 55.6 cm³/mol. The van der Waals surface area contributed by atoms with Crippen molar-refractivity contribution in [3.63, 3.8) is 0 Å². The molecule has 1 aromatic carbocycles. The summed E-state index contributed by atoms with van der Waals surface area (Å²) in [5, 5.41) is 7.60. The number of carboxylic acid groups (broad SMARTS) is 1. The molecule has 0 aliphatic rings. The van der Waals surface area contributed by atoms with Crippen molar-refractivity contribution < 1.29 is 9.90 Å². The number of halogens is 1. The second-order valence-electron chi connectivity index (χ2n) is 2.40. The lowest BCUT2D eigenvalue weighted by Gasteiger charge is -1.89. The number of carboxylic acids is 1. The highest BCUT2D eigenvalue weighted by atomic mass is 79.9. The molecule has 0 fully saturated rings. The molecule has 3 nitrogen and oxygen atoms in total. The van der Waals surface area contributed by atoms with E-state index in [-0.39, 0.29) is 6.54 Å². The number of hydrogen-bond acceptors (Lipinski definition) is 2. The van der Waals surface area contributed by atoms with Gasteiger partial charge in [0, 0.05) is 4.47 Å². The molecule has 13 heavy (non-hydrogen) atoms. The van der Waals surface area contributed by atoms with E-state index in [9.17, 15) is 4.79 Å². The van der Waals surface area contributed by atoms with Crippen LogP contribution in [0.5, 0.6) is 0 Å². The number of aryl methyl sites for hydroxylation is 1. The van der Waals surface area contributed by atoms with Gasteiger partial charge in [0.1, 0.15) is 0 Å². The van der Waals surface area contributed by atoms with E-state index in [0.29, 0.717) is 0 Å². The van der Waals surface area contributed by atoms with Gasteiger partial charge in [-0.25, -0.2) is 0 Å². The molecule has 0 spiro atoms. The van der Waals surface area contributed by atoms with E-state index in [1.807, 2.05) is 12.1 Å². The fraction of sp³-hybridized carbons (Fsp3) is 0.222. The van der Waals surface area contributed by atoms with Crippen LogP contribution in [0.2, 0.25) is 0 Å². The molecule has 0 atom stereocenters. The van der Waals surface area contributed by atoms with Gasteiger partial charge in [0.05, 0.1) is 6.54 Å². The van der Waals surface area contributed by atoms with Crippen LogP contribution < -0.4 is 5.73 Å². The molecule has 4 heteroatoms. The number of hydrogen-bond donors (Lipinski definition) is 2. The summed E-state index contributed by atoms with van der Waals surface area (Å²) < 4.78 is 1.15. The fourth-order valence-electron chi connectivity index (χ4n) is 0.606. The lowest BCUT2D eigenvalue weighted by molar-refractivity contribution is -0.135. The van der Waals surface area contributed by atoms with Crippen molar-refractivity contribution in [2.24, 2.45) is 5.73 Å². The van der Waals surface area contributed by atoms with Gasteiger partial charge in [-0.15, -0.1) is 0 Å². The smallest absolute Gasteiger partial charge is 0.317 e. The fourth-order valence-corrected chi connectivity index (χ4v) is 1.12. The zero-order valence-corrected chi connectivity index (χ0v) is 8.91. The minimum absolute atomic E-state index is 0.278. The van der Waals surface area contributed by atoms with Crippen LogP contribution >= 0.6 is 15.9 Å². The molecule has 0 unspecified atom stereocenters. The third-order valence-corrected chi connectivity index (χ3v) is 1.65. The molecule has 1 rings (SSSR count). The minimum Gasteiger partial charge on any atom is -0.480 e. The Hall–Kier alpha value is -0.870. The Labute approximate surface area is 85.7 Å². The summed E-state index contributed by atoms with van der Waals surface area (Å²) in [5.74, 6) is -0.968.